The van der Waals surface area contributed by atoms with Gasteiger partial charge in [0, 0.05) is 6.54 Å². The molecule has 1 atom stereocenters. The summed E-state index contributed by atoms with van der Waals surface area (Å²) >= 11 is 0. The van der Waals surface area contributed by atoms with Crippen LogP contribution in [0.2, 0.25) is 0 Å². The van der Waals surface area contributed by atoms with Crippen LogP contribution in [0.4, 0.5) is 0 Å². The Kier molecular flexibility index (Phi) is 6.95. The van der Waals surface area contributed by atoms with Crippen molar-refractivity contribution < 1.29 is 0 Å². The van der Waals surface area contributed by atoms with Gasteiger partial charge in [0.2, 0.25) is 0 Å². The zero-order valence-corrected chi connectivity index (χ0v) is 11.4. The van der Waals surface area contributed by atoms with E-state index in [9.17, 15) is 0 Å². The summed E-state index contributed by atoms with van der Waals surface area (Å²) in [5.74, 6) is 0.899. The average Bonchev–Trinajstić information content (AvgIpc) is 2.19. The van der Waals surface area contributed by atoms with Crippen LogP contribution in [0.5, 0.6) is 0 Å². The van der Waals surface area contributed by atoms with Crippen LogP contribution in [0.1, 0.15) is 47.0 Å². The van der Waals surface area contributed by atoms with Crippen LogP contribution in [-0.2, 0) is 0 Å². The summed E-state index contributed by atoms with van der Waals surface area (Å²) in [6.07, 6.45) is 5.66. The summed E-state index contributed by atoms with van der Waals surface area (Å²) in [6.45, 7) is 17.6. The fourth-order valence-electron chi connectivity index (χ4n) is 1.48. The van der Waals surface area contributed by atoms with Gasteiger partial charge in [0.1, 0.15) is 0 Å². The number of rotatable bonds is 8. The highest BCUT2D eigenvalue weighted by Gasteiger charge is 2.21. The molecule has 0 saturated carbocycles. The summed E-state index contributed by atoms with van der Waals surface area (Å²) in [4.78, 5) is 0. The second-order valence-electron chi connectivity index (χ2n) is 5.34. The monoisotopic (exact) mass is 224 g/mol. The summed E-state index contributed by atoms with van der Waals surface area (Å²) in [6, 6.07) is 0.249. The van der Waals surface area contributed by atoms with E-state index in [0.29, 0.717) is 0 Å². The Hall–Kier alpha value is -0.920. The largest absolute Gasteiger partial charge is 0.372 e. The second-order valence-corrected chi connectivity index (χ2v) is 5.34. The van der Waals surface area contributed by atoms with Crippen LogP contribution in [0.15, 0.2) is 25.1 Å². The molecule has 0 aromatic carbocycles. The standard InChI is InChI=1S/C14H28N2/c1-7-9-10-11-15-12(3)16-13(8-2)14(4,5)6/h8,13,15-16H,2-3,7,9-11H2,1,4-6H3. The van der Waals surface area contributed by atoms with Crippen molar-refractivity contribution in [3.8, 4) is 0 Å². The minimum atomic E-state index is 0.162. The Labute approximate surface area is 101 Å². The molecule has 0 aliphatic carbocycles. The first-order valence-corrected chi connectivity index (χ1v) is 6.23. The molecule has 16 heavy (non-hydrogen) atoms. The van der Waals surface area contributed by atoms with E-state index < -0.39 is 0 Å². The topological polar surface area (TPSA) is 24.1 Å². The number of hydrogen-bond acceptors (Lipinski definition) is 2. The molecular formula is C14H28N2. The van der Waals surface area contributed by atoms with E-state index in [2.05, 4.69) is 51.5 Å². The lowest BCUT2D eigenvalue weighted by molar-refractivity contribution is 0.325. The maximum atomic E-state index is 3.98. The van der Waals surface area contributed by atoms with Gasteiger partial charge >= 0.3 is 0 Å². The van der Waals surface area contributed by atoms with Crippen LogP contribution in [-0.4, -0.2) is 12.6 Å². The van der Waals surface area contributed by atoms with Gasteiger partial charge in [-0.15, -0.1) is 6.58 Å². The van der Waals surface area contributed by atoms with E-state index in [1.165, 1.54) is 19.3 Å². The van der Waals surface area contributed by atoms with Gasteiger partial charge in [-0.2, -0.15) is 0 Å². The minimum absolute atomic E-state index is 0.162. The summed E-state index contributed by atoms with van der Waals surface area (Å²) in [7, 11) is 0. The van der Waals surface area contributed by atoms with Gasteiger partial charge in [0.15, 0.2) is 0 Å². The number of unbranched alkanes of at least 4 members (excludes halogenated alkanes) is 2. The van der Waals surface area contributed by atoms with Gasteiger partial charge in [-0.1, -0.05) is 53.2 Å². The molecule has 0 heterocycles. The number of hydrogen-bond donors (Lipinski definition) is 2. The van der Waals surface area contributed by atoms with Crippen LogP contribution >= 0.6 is 0 Å². The van der Waals surface area contributed by atoms with Crippen molar-refractivity contribution in [2.75, 3.05) is 6.54 Å². The van der Waals surface area contributed by atoms with E-state index in [-0.39, 0.29) is 11.5 Å². The maximum Gasteiger partial charge on any atom is 0.0917 e. The predicted octanol–water partition coefficient (Wildman–Crippen LogP) is 3.43. The lowest BCUT2D eigenvalue weighted by atomic mass is 9.87. The van der Waals surface area contributed by atoms with Crippen molar-refractivity contribution in [3.05, 3.63) is 25.1 Å². The highest BCUT2D eigenvalue weighted by molar-refractivity contribution is 5.02. The molecule has 0 aliphatic rings. The molecule has 0 amide bonds. The van der Waals surface area contributed by atoms with Crippen LogP contribution in [0.25, 0.3) is 0 Å². The SMILES string of the molecule is C=CC(NC(=C)NCCCCC)C(C)(C)C. The van der Waals surface area contributed by atoms with Gasteiger partial charge in [-0.05, 0) is 11.8 Å². The highest BCUT2D eigenvalue weighted by Crippen LogP contribution is 2.20. The fourth-order valence-corrected chi connectivity index (χ4v) is 1.48. The van der Waals surface area contributed by atoms with Crippen molar-refractivity contribution in [1.82, 2.24) is 10.6 Å². The quantitative estimate of drug-likeness (QED) is 0.487. The third-order valence-corrected chi connectivity index (χ3v) is 2.62. The molecule has 2 nitrogen and oxygen atoms in total. The summed E-state index contributed by atoms with van der Waals surface area (Å²) in [5.41, 5.74) is 0.162. The normalized spacial score (nSPS) is 13.0. The Balaban J connectivity index is 3.89. The van der Waals surface area contributed by atoms with Crippen LogP contribution in [0, 0.1) is 5.41 Å². The third-order valence-electron chi connectivity index (χ3n) is 2.62. The number of nitrogens with one attached hydrogen (secondary N) is 2. The molecule has 0 aliphatic heterocycles. The van der Waals surface area contributed by atoms with Crippen LogP contribution < -0.4 is 10.6 Å². The van der Waals surface area contributed by atoms with Crippen molar-refractivity contribution >= 4 is 0 Å². The third kappa shape index (κ3) is 6.54. The van der Waals surface area contributed by atoms with E-state index in [0.717, 1.165) is 12.4 Å². The molecule has 0 rings (SSSR count). The summed E-state index contributed by atoms with van der Waals surface area (Å²) < 4.78 is 0. The molecule has 0 aromatic heterocycles. The fraction of sp³-hybridized carbons (Fsp3) is 0.714. The molecule has 0 radical (unpaired) electrons. The maximum absolute atomic E-state index is 3.98. The van der Waals surface area contributed by atoms with Gasteiger partial charge in [0.05, 0.1) is 11.9 Å². The molecule has 0 saturated heterocycles. The molecule has 0 fully saturated rings. The smallest absolute Gasteiger partial charge is 0.0917 e. The van der Waals surface area contributed by atoms with E-state index >= 15 is 0 Å². The molecule has 0 bridgehead atoms. The minimum Gasteiger partial charge on any atom is -0.372 e. The lowest BCUT2D eigenvalue weighted by Gasteiger charge is -2.30. The molecule has 2 heteroatoms. The predicted molar refractivity (Wildman–Crippen MR) is 73.2 cm³/mol. The Bertz CT molecular complexity index is 213. The molecule has 0 spiro atoms. The first-order valence-electron chi connectivity index (χ1n) is 6.23. The van der Waals surface area contributed by atoms with E-state index in [1.54, 1.807) is 0 Å². The van der Waals surface area contributed by atoms with Gasteiger partial charge in [0.25, 0.3) is 0 Å². The van der Waals surface area contributed by atoms with Crippen molar-refractivity contribution in [2.24, 2.45) is 5.41 Å². The first kappa shape index (κ1) is 15.1. The Morgan fingerprint density at radius 3 is 2.38 bits per heavy atom. The first-order chi connectivity index (χ1) is 7.41. The van der Waals surface area contributed by atoms with Crippen molar-refractivity contribution in [2.45, 2.75) is 53.0 Å². The van der Waals surface area contributed by atoms with E-state index in [4.69, 9.17) is 0 Å². The van der Waals surface area contributed by atoms with Gasteiger partial charge in [-0.25, -0.2) is 0 Å². The van der Waals surface area contributed by atoms with Gasteiger partial charge < -0.3 is 10.6 Å². The molecular weight excluding hydrogens is 196 g/mol. The lowest BCUT2D eigenvalue weighted by Crippen LogP contribution is -2.41. The molecule has 1 unspecified atom stereocenters. The second kappa shape index (κ2) is 7.37. The molecule has 0 aromatic rings. The van der Waals surface area contributed by atoms with Crippen molar-refractivity contribution in [1.29, 1.82) is 0 Å². The summed E-state index contributed by atoms with van der Waals surface area (Å²) in [5, 5.41) is 6.66. The highest BCUT2D eigenvalue weighted by atomic mass is 15.1. The Morgan fingerprint density at radius 2 is 1.94 bits per heavy atom. The van der Waals surface area contributed by atoms with Crippen molar-refractivity contribution in [3.63, 3.8) is 0 Å². The molecule has 94 valence electrons. The Morgan fingerprint density at radius 1 is 1.31 bits per heavy atom. The van der Waals surface area contributed by atoms with Gasteiger partial charge in [-0.3, -0.25) is 0 Å². The zero-order valence-electron chi connectivity index (χ0n) is 11.4. The zero-order chi connectivity index (χ0) is 12.6. The van der Waals surface area contributed by atoms with E-state index in [1.807, 2.05) is 6.08 Å². The average molecular weight is 224 g/mol. The van der Waals surface area contributed by atoms with Crippen LogP contribution in [0.3, 0.4) is 0 Å². The molecule has 2 N–H and O–H groups in total.